The van der Waals surface area contributed by atoms with Crippen molar-refractivity contribution >= 4 is 15.4 Å². The van der Waals surface area contributed by atoms with Crippen LogP contribution in [0.5, 0.6) is 11.5 Å². The molecule has 15 heavy (non-hydrogen) atoms. The molecule has 5 heteroatoms. The molecule has 1 amide bonds. The van der Waals surface area contributed by atoms with E-state index in [9.17, 15) is 4.79 Å². The van der Waals surface area contributed by atoms with Crippen LogP contribution in [0.25, 0.3) is 0 Å². The molecule has 1 unspecified atom stereocenters. The lowest BCUT2D eigenvalue weighted by molar-refractivity contribution is 0.0827. The van der Waals surface area contributed by atoms with Crippen molar-refractivity contribution in [3.05, 3.63) is 23.8 Å². The first-order valence-electron chi connectivity index (χ1n) is 4.36. The predicted octanol–water partition coefficient (Wildman–Crippen LogP) is 1.57. The molecule has 0 fully saturated rings. The first-order valence-corrected chi connectivity index (χ1v) is 4.83. The quantitative estimate of drug-likeness (QED) is 0.735. The molecule has 0 aliphatic rings. The van der Waals surface area contributed by atoms with Crippen LogP contribution in [0.3, 0.4) is 0 Å². The van der Waals surface area contributed by atoms with Crippen LogP contribution in [0, 0.1) is 0 Å². The van der Waals surface area contributed by atoms with Crippen LogP contribution in [0.1, 0.15) is 10.4 Å². The van der Waals surface area contributed by atoms with E-state index in [0.717, 1.165) is 0 Å². The fourth-order valence-corrected chi connectivity index (χ4v) is 1.34. The molecule has 0 radical (unpaired) electrons. The molecule has 0 aliphatic carbocycles. The van der Waals surface area contributed by atoms with Crippen LogP contribution in [0.2, 0.25) is 0 Å². The summed E-state index contributed by atoms with van der Waals surface area (Å²) in [5.74, 6) is 1.05. The van der Waals surface area contributed by atoms with Gasteiger partial charge in [0.15, 0.2) is 11.5 Å². The Morgan fingerprint density at radius 2 is 2.00 bits per heavy atom. The maximum Gasteiger partial charge on any atom is 0.253 e. The normalized spacial score (nSPS) is 9.60. The minimum Gasteiger partial charge on any atom is -0.493 e. The average molecular weight is 227 g/mol. The molecule has 1 atom stereocenters. The lowest BCUT2D eigenvalue weighted by Gasteiger charge is -2.12. The highest BCUT2D eigenvalue weighted by Gasteiger charge is 2.11. The van der Waals surface area contributed by atoms with E-state index >= 15 is 0 Å². The number of ether oxygens (including phenoxy) is 1. The maximum absolute atomic E-state index is 11.6. The highest BCUT2D eigenvalue weighted by Crippen LogP contribution is 2.29. The van der Waals surface area contributed by atoms with Crippen molar-refractivity contribution in [2.45, 2.75) is 0 Å². The van der Waals surface area contributed by atoms with Gasteiger partial charge in [0.1, 0.15) is 0 Å². The first kappa shape index (κ1) is 11.8. The van der Waals surface area contributed by atoms with Crippen molar-refractivity contribution < 1.29 is 14.1 Å². The highest BCUT2D eigenvalue weighted by atomic mass is 31.0. The minimum absolute atomic E-state index is 0.0686. The van der Waals surface area contributed by atoms with Gasteiger partial charge >= 0.3 is 0 Å². The lowest BCUT2D eigenvalue weighted by atomic mass is 10.2. The zero-order chi connectivity index (χ0) is 11.4. The molecular weight excluding hydrogens is 213 g/mol. The van der Waals surface area contributed by atoms with Gasteiger partial charge < -0.3 is 14.2 Å². The van der Waals surface area contributed by atoms with Crippen LogP contribution in [0.4, 0.5) is 0 Å². The highest BCUT2D eigenvalue weighted by molar-refractivity contribution is 7.10. The van der Waals surface area contributed by atoms with Gasteiger partial charge in [0.05, 0.1) is 16.6 Å². The third-order valence-corrected chi connectivity index (χ3v) is 2.20. The number of benzene rings is 1. The standard InChI is InChI=1S/C10H14NO3P/c1-11(2)10(12)7-4-5-8(13-3)9(6-7)14-15/h4-6H,15H2,1-3H3. The average Bonchev–Trinajstić information content (AvgIpc) is 2.26. The van der Waals surface area contributed by atoms with Crippen molar-refractivity contribution in [2.24, 2.45) is 0 Å². The Morgan fingerprint density at radius 1 is 1.33 bits per heavy atom. The fourth-order valence-electron chi connectivity index (χ4n) is 1.16. The first-order chi connectivity index (χ1) is 7.10. The van der Waals surface area contributed by atoms with E-state index < -0.39 is 0 Å². The van der Waals surface area contributed by atoms with Crippen molar-refractivity contribution in [2.75, 3.05) is 21.2 Å². The number of carbonyl (C=O) groups is 1. The monoisotopic (exact) mass is 227 g/mol. The smallest absolute Gasteiger partial charge is 0.253 e. The van der Waals surface area contributed by atoms with Crippen LogP contribution in [-0.4, -0.2) is 32.0 Å². The van der Waals surface area contributed by atoms with Crippen LogP contribution in [0.15, 0.2) is 18.2 Å². The third-order valence-electron chi connectivity index (χ3n) is 1.94. The summed E-state index contributed by atoms with van der Waals surface area (Å²) in [6.07, 6.45) is 0. The van der Waals surface area contributed by atoms with Gasteiger partial charge in [-0.2, -0.15) is 0 Å². The molecule has 82 valence electrons. The van der Waals surface area contributed by atoms with Crippen molar-refractivity contribution in [1.82, 2.24) is 4.90 Å². The SMILES string of the molecule is COc1ccc(C(=O)N(C)C)cc1OP. The van der Waals surface area contributed by atoms with E-state index in [1.54, 1.807) is 39.4 Å². The van der Waals surface area contributed by atoms with E-state index in [-0.39, 0.29) is 5.91 Å². The molecule has 0 aromatic heterocycles. The van der Waals surface area contributed by atoms with E-state index in [1.165, 1.54) is 4.90 Å². The summed E-state index contributed by atoms with van der Waals surface area (Å²) >= 11 is 0. The molecule has 0 spiro atoms. The summed E-state index contributed by atoms with van der Waals surface area (Å²) in [4.78, 5) is 13.1. The number of amides is 1. The van der Waals surface area contributed by atoms with E-state index in [4.69, 9.17) is 9.26 Å². The molecule has 1 rings (SSSR count). The molecule has 0 heterocycles. The molecule has 4 nitrogen and oxygen atoms in total. The number of hydrogen-bond donors (Lipinski definition) is 0. The Labute approximate surface area is 91.5 Å². The summed E-state index contributed by atoms with van der Waals surface area (Å²) in [6, 6.07) is 5.05. The van der Waals surface area contributed by atoms with Gasteiger partial charge in [-0.3, -0.25) is 4.79 Å². The Morgan fingerprint density at radius 3 is 2.47 bits per heavy atom. The van der Waals surface area contributed by atoms with Crippen LogP contribution >= 0.6 is 9.47 Å². The third kappa shape index (κ3) is 2.60. The fraction of sp³-hybridized carbons (Fsp3) is 0.300. The maximum atomic E-state index is 11.6. The summed E-state index contributed by atoms with van der Waals surface area (Å²) in [6.45, 7) is 0. The molecule has 0 saturated heterocycles. The molecule has 0 saturated carbocycles. The number of methoxy groups -OCH3 is 1. The Kier molecular flexibility index (Phi) is 3.92. The summed E-state index contributed by atoms with van der Waals surface area (Å²) in [5, 5.41) is 0. The molecule has 0 aliphatic heterocycles. The van der Waals surface area contributed by atoms with E-state index in [0.29, 0.717) is 17.1 Å². The number of carbonyl (C=O) groups excluding carboxylic acids is 1. The minimum atomic E-state index is -0.0686. The van der Waals surface area contributed by atoms with Gasteiger partial charge in [0.25, 0.3) is 5.91 Å². The van der Waals surface area contributed by atoms with Gasteiger partial charge in [0.2, 0.25) is 0 Å². The summed E-state index contributed by atoms with van der Waals surface area (Å²) in [5.41, 5.74) is 0.568. The molecule has 1 aromatic carbocycles. The van der Waals surface area contributed by atoms with Gasteiger partial charge in [-0.25, -0.2) is 0 Å². The zero-order valence-electron chi connectivity index (χ0n) is 8.98. The summed E-state index contributed by atoms with van der Waals surface area (Å²) in [7, 11) is 7.09. The lowest BCUT2D eigenvalue weighted by Crippen LogP contribution is -2.21. The summed E-state index contributed by atoms with van der Waals surface area (Å²) < 4.78 is 10.1. The van der Waals surface area contributed by atoms with Gasteiger partial charge in [-0.05, 0) is 18.2 Å². The zero-order valence-corrected chi connectivity index (χ0v) is 10.1. The van der Waals surface area contributed by atoms with Crippen LogP contribution < -0.4 is 9.26 Å². The molecule has 0 N–H and O–H groups in total. The van der Waals surface area contributed by atoms with Crippen molar-refractivity contribution in [3.63, 3.8) is 0 Å². The second-order valence-corrected chi connectivity index (χ2v) is 3.42. The Hall–Kier alpha value is -1.28. The molecule has 0 bridgehead atoms. The van der Waals surface area contributed by atoms with Gasteiger partial charge in [0, 0.05) is 19.7 Å². The van der Waals surface area contributed by atoms with Crippen molar-refractivity contribution in [3.8, 4) is 11.5 Å². The van der Waals surface area contributed by atoms with E-state index in [1.807, 2.05) is 0 Å². The Balaban J connectivity index is 3.08. The molecular formula is C10H14NO3P. The second-order valence-electron chi connectivity index (χ2n) is 3.18. The van der Waals surface area contributed by atoms with Gasteiger partial charge in [-0.1, -0.05) is 0 Å². The van der Waals surface area contributed by atoms with Crippen LogP contribution in [-0.2, 0) is 0 Å². The second kappa shape index (κ2) is 4.99. The van der Waals surface area contributed by atoms with Crippen molar-refractivity contribution in [1.29, 1.82) is 0 Å². The largest absolute Gasteiger partial charge is 0.493 e. The number of rotatable bonds is 3. The predicted molar refractivity (Wildman–Crippen MR) is 61.3 cm³/mol. The van der Waals surface area contributed by atoms with Gasteiger partial charge in [-0.15, -0.1) is 0 Å². The van der Waals surface area contributed by atoms with E-state index in [2.05, 4.69) is 9.47 Å². The number of hydrogen-bond acceptors (Lipinski definition) is 3. The topological polar surface area (TPSA) is 38.8 Å². The number of nitrogens with zero attached hydrogens (tertiary/aromatic N) is 1. The molecule has 1 aromatic rings. The Bertz CT molecular complexity index is 366.